The second-order valence-electron chi connectivity index (χ2n) is 5.99. The Kier molecular flexibility index (Phi) is 4.26. The van der Waals surface area contributed by atoms with Gasteiger partial charge in [-0.15, -0.1) is 0 Å². The lowest BCUT2D eigenvalue weighted by atomic mass is 10.1. The van der Waals surface area contributed by atoms with E-state index in [0.29, 0.717) is 25.4 Å². The highest BCUT2D eigenvalue weighted by Gasteiger charge is 2.39. The first-order chi connectivity index (χ1) is 11.6. The van der Waals surface area contributed by atoms with Crippen molar-refractivity contribution in [2.75, 3.05) is 30.3 Å². The Bertz CT molecular complexity index is 823. The number of nitrogens with zero attached hydrogens (tertiary/aromatic N) is 3. The fourth-order valence-electron chi connectivity index (χ4n) is 3.15. The molecule has 6 nitrogen and oxygen atoms in total. The van der Waals surface area contributed by atoms with Crippen LogP contribution in [0.4, 0.5) is 19.0 Å². The van der Waals surface area contributed by atoms with Crippen molar-refractivity contribution in [3.8, 4) is 0 Å². The topological polar surface area (TPSA) is 70.6 Å². The largest absolute Gasteiger partial charge is 0.417 e. The second-order valence-corrected chi connectivity index (χ2v) is 8.06. The molecule has 1 fully saturated rings. The van der Waals surface area contributed by atoms with Crippen LogP contribution in [0.15, 0.2) is 29.8 Å². The molecule has 1 aromatic rings. The van der Waals surface area contributed by atoms with Crippen LogP contribution in [-0.4, -0.2) is 55.6 Å². The van der Waals surface area contributed by atoms with Gasteiger partial charge < -0.3 is 9.80 Å². The molecule has 1 unspecified atom stereocenters. The van der Waals surface area contributed by atoms with Gasteiger partial charge in [0.05, 0.1) is 11.3 Å². The zero-order chi connectivity index (χ0) is 18.4. The van der Waals surface area contributed by atoms with E-state index in [1.165, 1.54) is 6.08 Å². The molecule has 0 N–H and O–H groups in total. The number of fused-ring (bicyclic) bond motifs is 3. The van der Waals surface area contributed by atoms with Crippen LogP contribution in [-0.2, 0) is 20.8 Å². The molecule has 25 heavy (non-hydrogen) atoms. The van der Waals surface area contributed by atoms with Crippen LogP contribution in [0.5, 0.6) is 0 Å². The average molecular weight is 375 g/mol. The first-order valence-electron chi connectivity index (χ1n) is 7.61. The number of hydrogen-bond donors (Lipinski definition) is 0. The van der Waals surface area contributed by atoms with Crippen molar-refractivity contribution in [2.45, 2.75) is 23.5 Å². The summed E-state index contributed by atoms with van der Waals surface area (Å²) in [6.07, 6.45) is -2.62. The minimum Gasteiger partial charge on any atom is -0.349 e. The maximum Gasteiger partial charge on any atom is 0.417 e. The fourth-order valence-corrected chi connectivity index (χ4v) is 4.71. The summed E-state index contributed by atoms with van der Waals surface area (Å²) in [5, 5.41) is 0. The molecule has 1 amide bonds. The summed E-state index contributed by atoms with van der Waals surface area (Å²) < 4.78 is 63.7. The summed E-state index contributed by atoms with van der Waals surface area (Å²) in [6, 6.07) is 0.333. The van der Waals surface area contributed by atoms with Crippen molar-refractivity contribution in [3.63, 3.8) is 0 Å². The van der Waals surface area contributed by atoms with Crippen LogP contribution < -0.4 is 4.90 Å². The van der Waals surface area contributed by atoms with E-state index in [9.17, 15) is 26.4 Å². The lowest BCUT2D eigenvalue weighted by Gasteiger charge is -2.41. The maximum absolute atomic E-state index is 12.9. The summed E-state index contributed by atoms with van der Waals surface area (Å²) in [6.45, 7) is 4.33. The molecule has 1 aromatic heterocycles. The third-order valence-corrected chi connectivity index (χ3v) is 6.20. The number of pyridine rings is 1. The summed E-state index contributed by atoms with van der Waals surface area (Å²) in [4.78, 5) is 18.4. The number of carbonyl (C=O) groups is 1. The molecule has 0 radical (unpaired) electrons. The van der Waals surface area contributed by atoms with E-state index >= 15 is 0 Å². The highest BCUT2D eigenvalue weighted by atomic mass is 32.2. The van der Waals surface area contributed by atoms with Crippen molar-refractivity contribution < 1.29 is 26.4 Å². The van der Waals surface area contributed by atoms with Crippen molar-refractivity contribution in [2.24, 2.45) is 0 Å². The van der Waals surface area contributed by atoms with Gasteiger partial charge in [0, 0.05) is 31.9 Å². The molecule has 3 rings (SSSR count). The van der Waals surface area contributed by atoms with Crippen LogP contribution >= 0.6 is 0 Å². The lowest BCUT2D eigenvalue weighted by molar-refractivity contribution is -0.138. The Hall–Kier alpha value is -2.10. The van der Waals surface area contributed by atoms with E-state index in [4.69, 9.17) is 0 Å². The molecular formula is C15H16F3N3O3S. The average Bonchev–Trinajstić information content (AvgIpc) is 2.68. The Labute approximate surface area is 142 Å². The molecule has 0 bridgehead atoms. The Balaban J connectivity index is 2.03. The van der Waals surface area contributed by atoms with Gasteiger partial charge in [-0.2, -0.15) is 13.2 Å². The van der Waals surface area contributed by atoms with Gasteiger partial charge in [-0.25, -0.2) is 13.4 Å². The summed E-state index contributed by atoms with van der Waals surface area (Å²) in [5.74, 6) is -0.520. The Morgan fingerprint density at radius 2 is 2.08 bits per heavy atom. The van der Waals surface area contributed by atoms with Crippen LogP contribution in [0.1, 0.15) is 12.0 Å². The maximum atomic E-state index is 12.9. The molecule has 2 aliphatic heterocycles. The zero-order valence-electron chi connectivity index (χ0n) is 13.2. The second kappa shape index (κ2) is 6.01. The minimum absolute atomic E-state index is 0.0289. The number of piperazine rings is 1. The molecule has 136 valence electrons. The van der Waals surface area contributed by atoms with E-state index in [-0.39, 0.29) is 36.5 Å². The highest BCUT2D eigenvalue weighted by Crippen LogP contribution is 2.37. The van der Waals surface area contributed by atoms with E-state index in [1.54, 1.807) is 9.80 Å². The van der Waals surface area contributed by atoms with Crippen molar-refractivity contribution >= 4 is 21.6 Å². The van der Waals surface area contributed by atoms with Crippen molar-refractivity contribution in [1.82, 2.24) is 9.88 Å². The van der Waals surface area contributed by atoms with Gasteiger partial charge in [-0.3, -0.25) is 4.79 Å². The van der Waals surface area contributed by atoms with Gasteiger partial charge in [0.15, 0.2) is 9.84 Å². The van der Waals surface area contributed by atoms with Gasteiger partial charge in [0.25, 0.3) is 0 Å². The third-order valence-electron chi connectivity index (χ3n) is 4.46. The SMILES string of the molecule is C=CC(=O)N1CCN2c3ncc(C(F)(F)F)cc3S(=O)(=O)CCC2C1. The quantitative estimate of drug-likeness (QED) is 0.696. The number of hydrogen-bond acceptors (Lipinski definition) is 5. The number of sulfone groups is 1. The van der Waals surface area contributed by atoms with Gasteiger partial charge in [0.1, 0.15) is 10.7 Å². The number of halogens is 3. The van der Waals surface area contributed by atoms with E-state index in [1.807, 2.05) is 0 Å². The number of aromatic nitrogens is 1. The van der Waals surface area contributed by atoms with Crippen molar-refractivity contribution in [1.29, 1.82) is 0 Å². The monoisotopic (exact) mass is 375 g/mol. The summed E-state index contributed by atoms with van der Waals surface area (Å²) >= 11 is 0. The third kappa shape index (κ3) is 3.22. The molecule has 1 saturated heterocycles. The molecule has 3 heterocycles. The van der Waals surface area contributed by atoms with Crippen molar-refractivity contribution in [3.05, 3.63) is 30.5 Å². The van der Waals surface area contributed by atoms with Crippen LogP contribution in [0.3, 0.4) is 0 Å². The molecule has 0 spiro atoms. The molecular weight excluding hydrogens is 359 g/mol. The molecule has 0 aromatic carbocycles. The minimum atomic E-state index is -4.67. The van der Waals surface area contributed by atoms with Crippen LogP contribution in [0, 0.1) is 0 Å². The highest BCUT2D eigenvalue weighted by molar-refractivity contribution is 7.91. The molecule has 1 atom stereocenters. The summed E-state index contributed by atoms with van der Waals surface area (Å²) in [5.41, 5.74) is -1.09. The van der Waals surface area contributed by atoms with E-state index in [0.717, 1.165) is 0 Å². The number of amides is 1. The Morgan fingerprint density at radius 3 is 2.72 bits per heavy atom. The molecule has 10 heteroatoms. The fraction of sp³-hybridized carbons (Fsp3) is 0.467. The molecule has 0 saturated carbocycles. The first kappa shape index (κ1) is 17.7. The van der Waals surface area contributed by atoms with Gasteiger partial charge >= 0.3 is 6.18 Å². The van der Waals surface area contributed by atoms with E-state index < -0.39 is 26.5 Å². The standard InChI is InChI=1S/C15H16F3N3O3S/c1-2-13(22)20-4-5-21-11(9-20)3-6-25(23,24)12-7-10(15(16,17)18)8-19-14(12)21/h2,7-8,11H,1,3-6,9H2. The van der Waals surface area contributed by atoms with E-state index in [2.05, 4.69) is 11.6 Å². The van der Waals surface area contributed by atoms with Gasteiger partial charge in [-0.05, 0) is 18.6 Å². The molecule has 2 aliphatic rings. The van der Waals surface area contributed by atoms with Gasteiger partial charge in [-0.1, -0.05) is 6.58 Å². The van der Waals surface area contributed by atoms with Crippen LogP contribution in [0.2, 0.25) is 0 Å². The lowest BCUT2D eigenvalue weighted by Crippen LogP contribution is -2.54. The number of carbonyl (C=O) groups excluding carboxylic acids is 1. The predicted molar refractivity (Wildman–Crippen MR) is 83.8 cm³/mol. The smallest absolute Gasteiger partial charge is 0.349 e. The number of rotatable bonds is 1. The Morgan fingerprint density at radius 1 is 1.36 bits per heavy atom. The first-order valence-corrected chi connectivity index (χ1v) is 9.26. The summed E-state index contributed by atoms with van der Waals surface area (Å²) in [7, 11) is -3.89. The van der Waals surface area contributed by atoms with Crippen LogP contribution in [0.25, 0.3) is 0 Å². The molecule has 0 aliphatic carbocycles. The predicted octanol–water partition coefficient (Wildman–Crippen LogP) is 1.48. The number of anilines is 1. The van der Waals surface area contributed by atoms with Gasteiger partial charge in [0.2, 0.25) is 5.91 Å². The number of alkyl halides is 3. The zero-order valence-corrected chi connectivity index (χ0v) is 14.0. The normalized spacial score (nSPS) is 22.6.